The standard InChI is InChI=1S/C13H16Cl2O2/c1-9(2)7-17-13(3,8-16)11-5-4-10(14)6-12(11)15/h4-6,16H,1,7-8H2,2-3H3. The molecule has 0 aromatic heterocycles. The van der Waals surface area contributed by atoms with Gasteiger partial charge >= 0.3 is 0 Å². The number of hydrogen-bond acceptors (Lipinski definition) is 2. The molecule has 0 bridgehead atoms. The van der Waals surface area contributed by atoms with E-state index in [1.54, 1.807) is 25.1 Å². The van der Waals surface area contributed by atoms with Crippen molar-refractivity contribution in [3.8, 4) is 0 Å². The van der Waals surface area contributed by atoms with Crippen LogP contribution in [0.15, 0.2) is 30.4 Å². The molecule has 94 valence electrons. The van der Waals surface area contributed by atoms with Crippen LogP contribution in [-0.2, 0) is 10.3 Å². The topological polar surface area (TPSA) is 29.5 Å². The molecule has 0 saturated carbocycles. The normalized spacial score (nSPS) is 14.4. The maximum absolute atomic E-state index is 9.50. The van der Waals surface area contributed by atoms with E-state index < -0.39 is 5.60 Å². The second-order valence-electron chi connectivity index (χ2n) is 4.26. The molecule has 0 spiro atoms. The lowest BCUT2D eigenvalue weighted by Gasteiger charge is -2.29. The van der Waals surface area contributed by atoms with Gasteiger partial charge in [-0.1, -0.05) is 41.4 Å². The zero-order valence-corrected chi connectivity index (χ0v) is 11.5. The van der Waals surface area contributed by atoms with Crippen molar-refractivity contribution in [3.05, 3.63) is 46.0 Å². The van der Waals surface area contributed by atoms with E-state index in [4.69, 9.17) is 27.9 Å². The number of hydrogen-bond donors (Lipinski definition) is 1. The largest absolute Gasteiger partial charge is 0.393 e. The third-order valence-electron chi connectivity index (χ3n) is 2.44. The van der Waals surface area contributed by atoms with Gasteiger partial charge < -0.3 is 9.84 Å². The van der Waals surface area contributed by atoms with Crippen molar-refractivity contribution in [1.29, 1.82) is 0 Å². The monoisotopic (exact) mass is 274 g/mol. The first-order chi connectivity index (χ1) is 7.89. The molecular formula is C13H16Cl2O2. The van der Waals surface area contributed by atoms with Gasteiger partial charge in [0.05, 0.1) is 13.2 Å². The predicted molar refractivity (Wildman–Crippen MR) is 71.7 cm³/mol. The summed E-state index contributed by atoms with van der Waals surface area (Å²) in [4.78, 5) is 0. The fourth-order valence-corrected chi connectivity index (χ4v) is 2.02. The van der Waals surface area contributed by atoms with Crippen molar-refractivity contribution in [2.24, 2.45) is 0 Å². The summed E-state index contributed by atoms with van der Waals surface area (Å²) in [6.45, 7) is 7.61. The molecule has 0 fully saturated rings. The molecule has 1 N–H and O–H groups in total. The molecular weight excluding hydrogens is 259 g/mol. The molecule has 0 heterocycles. The van der Waals surface area contributed by atoms with Crippen LogP contribution in [0.25, 0.3) is 0 Å². The fourth-order valence-electron chi connectivity index (χ4n) is 1.41. The quantitative estimate of drug-likeness (QED) is 0.828. The Labute approximate surface area is 112 Å². The SMILES string of the molecule is C=C(C)COC(C)(CO)c1ccc(Cl)cc1Cl. The van der Waals surface area contributed by atoms with Crippen LogP contribution in [0.1, 0.15) is 19.4 Å². The summed E-state index contributed by atoms with van der Waals surface area (Å²) in [6, 6.07) is 5.12. The van der Waals surface area contributed by atoms with Gasteiger partial charge in [-0.05, 0) is 26.0 Å². The lowest BCUT2D eigenvalue weighted by Crippen LogP contribution is -2.31. The molecule has 0 saturated heterocycles. The first-order valence-corrected chi connectivity index (χ1v) is 5.99. The average molecular weight is 275 g/mol. The Morgan fingerprint density at radius 1 is 1.47 bits per heavy atom. The Bertz CT molecular complexity index is 418. The maximum Gasteiger partial charge on any atom is 0.115 e. The van der Waals surface area contributed by atoms with Crippen LogP contribution in [-0.4, -0.2) is 18.3 Å². The minimum Gasteiger partial charge on any atom is -0.393 e. The number of aliphatic hydroxyl groups is 1. The number of ether oxygens (including phenoxy) is 1. The number of rotatable bonds is 5. The molecule has 1 atom stereocenters. The van der Waals surface area contributed by atoms with Gasteiger partial charge in [-0.3, -0.25) is 0 Å². The van der Waals surface area contributed by atoms with E-state index in [0.29, 0.717) is 22.2 Å². The molecule has 17 heavy (non-hydrogen) atoms. The molecule has 0 radical (unpaired) electrons. The Hall–Kier alpha value is -0.540. The van der Waals surface area contributed by atoms with E-state index in [1.807, 2.05) is 6.92 Å². The lowest BCUT2D eigenvalue weighted by atomic mass is 9.96. The Kier molecular flexibility index (Phi) is 5.02. The van der Waals surface area contributed by atoms with Gasteiger partial charge in [-0.2, -0.15) is 0 Å². The van der Waals surface area contributed by atoms with Crippen LogP contribution in [0.4, 0.5) is 0 Å². The van der Waals surface area contributed by atoms with Crippen molar-refractivity contribution in [2.45, 2.75) is 19.4 Å². The molecule has 0 aliphatic heterocycles. The summed E-state index contributed by atoms with van der Waals surface area (Å²) in [5.41, 5.74) is 0.753. The minimum absolute atomic E-state index is 0.165. The predicted octanol–water partition coefficient (Wildman–Crippen LogP) is 3.79. The second-order valence-corrected chi connectivity index (χ2v) is 5.10. The third-order valence-corrected chi connectivity index (χ3v) is 2.99. The highest BCUT2D eigenvalue weighted by atomic mass is 35.5. The van der Waals surface area contributed by atoms with E-state index in [0.717, 1.165) is 5.57 Å². The van der Waals surface area contributed by atoms with Gasteiger partial charge in [0.25, 0.3) is 0 Å². The van der Waals surface area contributed by atoms with Crippen LogP contribution in [0.3, 0.4) is 0 Å². The summed E-state index contributed by atoms with van der Waals surface area (Å²) in [5.74, 6) is 0. The number of benzene rings is 1. The fraction of sp³-hybridized carbons (Fsp3) is 0.385. The van der Waals surface area contributed by atoms with Gasteiger partial charge in [0.1, 0.15) is 5.60 Å². The second kappa shape index (κ2) is 5.87. The summed E-state index contributed by atoms with van der Waals surface area (Å²) >= 11 is 11.9. The smallest absolute Gasteiger partial charge is 0.115 e. The van der Waals surface area contributed by atoms with E-state index in [9.17, 15) is 5.11 Å². The summed E-state index contributed by atoms with van der Waals surface area (Å²) in [6.07, 6.45) is 0. The first-order valence-electron chi connectivity index (χ1n) is 5.24. The number of halogens is 2. The molecule has 0 aliphatic carbocycles. The van der Waals surface area contributed by atoms with Gasteiger partial charge in [-0.15, -0.1) is 0 Å². The van der Waals surface area contributed by atoms with Crippen LogP contribution in [0, 0.1) is 0 Å². The Morgan fingerprint density at radius 2 is 2.12 bits per heavy atom. The molecule has 2 nitrogen and oxygen atoms in total. The van der Waals surface area contributed by atoms with E-state index in [2.05, 4.69) is 6.58 Å². The molecule has 0 amide bonds. The highest BCUT2D eigenvalue weighted by Crippen LogP contribution is 2.33. The lowest BCUT2D eigenvalue weighted by molar-refractivity contribution is -0.0621. The maximum atomic E-state index is 9.50. The first kappa shape index (κ1) is 14.5. The van der Waals surface area contributed by atoms with E-state index >= 15 is 0 Å². The molecule has 1 aromatic rings. The summed E-state index contributed by atoms with van der Waals surface area (Å²) in [5, 5.41) is 10.5. The molecule has 1 unspecified atom stereocenters. The van der Waals surface area contributed by atoms with Crippen LogP contribution in [0.5, 0.6) is 0 Å². The van der Waals surface area contributed by atoms with Crippen molar-refractivity contribution in [1.82, 2.24) is 0 Å². The van der Waals surface area contributed by atoms with E-state index in [-0.39, 0.29) is 6.61 Å². The van der Waals surface area contributed by atoms with Crippen molar-refractivity contribution in [2.75, 3.05) is 13.2 Å². The molecule has 1 aromatic carbocycles. The van der Waals surface area contributed by atoms with Crippen LogP contribution >= 0.6 is 23.2 Å². The molecule has 0 aliphatic rings. The summed E-state index contributed by atoms with van der Waals surface area (Å²) < 4.78 is 5.67. The van der Waals surface area contributed by atoms with Crippen molar-refractivity contribution in [3.63, 3.8) is 0 Å². The Balaban J connectivity index is 3.02. The third kappa shape index (κ3) is 3.71. The molecule has 1 rings (SSSR count). The zero-order chi connectivity index (χ0) is 13.1. The average Bonchev–Trinajstić information content (AvgIpc) is 2.26. The van der Waals surface area contributed by atoms with Crippen LogP contribution < -0.4 is 0 Å². The highest BCUT2D eigenvalue weighted by Gasteiger charge is 2.29. The van der Waals surface area contributed by atoms with Gasteiger partial charge in [0.2, 0.25) is 0 Å². The Morgan fingerprint density at radius 3 is 2.59 bits per heavy atom. The van der Waals surface area contributed by atoms with Gasteiger partial charge in [0.15, 0.2) is 0 Å². The number of aliphatic hydroxyl groups excluding tert-OH is 1. The zero-order valence-electron chi connectivity index (χ0n) is 9.96. The molecule has 4 heteroatoms. The van der Waals surface area contributed by atoms with Gasteiger partial charge in [-0.25, -0.2) is 0 Å². The van der Waals surface area contributed by atoms with Gasteiger partial charge in [0, 0.05) is 15.6 Å². The van der Waals surface area contributed by atoms with E-state index in [1.165, 1.54) is 0 Å². The summed E-state index contributed by atoms with van der Waals surface area (Å²) in [7, 11) is 0. The highest BCUT2D eigenvalue weighted by molar-refractivity contribution is 6.35. The minimum atomic E-state index is -0.847. The van der Waals surface area contributed by atoms with Crippen LogP contribution in [0.2, 0.25) is 10.0 Å². The van der Waals surface area contributed by atoms with Crippen molar-refractivity contribution < 1.29 is 9.84 Å². The van der Waals surface area contributed by atoms with Crippen molar-refractivity contribution >= 4 is 23.2 Å².